The Hall–Kier alpha value is -2.71. The van der Waals surface area contributed by atoms with Crippen molar-refractivity contribution in [2.45, 2.75) is 11.3 Å². The molecule has 6 nitrogen and oxygen atoms in total. The highest BCUT2D eigenvalue weighted by Crippen LogP contribution is 2.27. The van der Waals surface area contributed by atoms with E-state index < -0.39 is 10.0 Å². The smallest absolute Gasteiger partial charge is 0.246 e. The molecule has 0 aliphatic rings. The number of nitrogens with zero attached hydrogens (tertiary/aromatic N) is 1. The first-order valence-corrected chi connectivity index (χ1v) is 9.99. The molecule has 0 aliphatic carbocycles. The number of amides is 1. The van der Waals surface area contributed by atoms with Gasteiger partial charge < -0.3 is 10.1 Å². The molecule has 1 N–H and O–H groups in total. The van der Waals surface area contributed by atoms with E-state index in [9.17, 15) is 17.6 Å². The van der Waals surface area contributed by atoms with Crippen LogP contribution in [0.15, 0.2) is 53.4 Å². The highest BCUT2D eigenvalue weighted by Gasteiger charge is 2.22. The van der Waals surface area contributed by atoms with Crippen LogP contribution in [0.1, 0.15) is 11.1 Å². The lowest BCUT2D eigenvalue weighted by Crippen LogP contribution is -2.23. The van der Waals surface area contributed by atoms with Crippen molar-refractivity contribution in [3.63, 3.8) is 0 Å². The summed E-state index contributed by atoms with van der Waals surface area (Å²) in [5.74, 6) is -0.379. The minimum absolute atomic E-state index is 0.0267. The fraction of sp³-hybridized carbons (Fsp3) is 0.250. The van der Waals surface area contributed by atoms with Gasteiger partial charge in [-0.05, 0) is 47.9 Å². The number of sulfonamides is 1. The maximum Gasteiger partial charge on any atom is 0.246 e. The summed E-state index contributed by atoms with van der Waals surface area (Å²) >= 11 is 0. The fourth-order valence-electron chi connectivity index (χ4n) is 2.41. The molecule has 0 aromatic heterocycles. The predicted molar refractivity (Wildman–Crippen MR) is 106 cm³/mol. The molecule has 150 valence electrons. The zero-order valence-electron chi connectivity index (χ0n) is 16.0. The van der Waals surface area contributed by atoms with Crippen molar-refractivity contribution >= 4 is 22.0 Å². The molecule has 0 fully saturated rings. The van der Waals surface area contributed by atoms with E-state index in [1.165, 1.54) is 51.6 Å². The summed E-state index contributed by atoms with van der Waals surface area (Å²) in [5.41, 5.74) is 1.47. The Bertz CT molecular complexity index is 955. The highest BCUT2D eigenvalue weighted by atomic mass is 32.2. The topological polar surface area (TPSA) is 75.7 Å². The molecular weight excluding hydrogens is 383 g/mol. The van der Waals surface area contributed by atoms with Gasteiger partial charge in [0.1, 0.15) is 16.5 Å². The first-order chi connectivity index (χ1) is 13.2. The van der Waals surface area contributed by atoms with Crippen molar-refractivity contribution in [1.29, 1.82) is 0 Å². The van der Waals surface area contributed by atoms with Gasteiger partial charge >= 0.3 is 0 Å². The van der Waals surface area contributed by atoms with Crippen molar-refractivity contribution in [2.75, 3.05) is 27.7 Å². The number of carbonyl (C=O) groups is 1. The number of methoxy groups -OCH3 is 1. The Labute approximate surface area is 164 Å². The molecule has 0 bridgehead atoms. The highest BCUT2D eigenvalue weighted by molar-refractivity contribution is 7.89. The van der Waals surface area contributed by atoms with E-state index in [2.05, 4.69) is 5.32 Å². The van der Waals surface area contributed by atoms with Crippen molar-refractivity contribution in [1.82, 2.24) is 9.62 Å². The Kier molecular flexibility index (Phi) is 7.31. The fourth-order valence-corrected chi connectivity index (χ4v) is 3.49. The number of ether oxygens (including phenoxy) is 1. The predicted octanol–water partition coefficient (Wildman–Crippen LogP) is 2.46. The summed E-state index contributed by atoms with van der Waals surface area (Å²) < 4.78 is 43.9. The van der Waals surface area contributed by atoms with Crippen LogP contribution >= 0.6 is 0 Å². The summed E-state index contributed by atoms with van der Waals surface area (Å²) in [4.78, 5) is 12.0. The van der Waals surface area contributed by atoms with Gasteiger partial charge in [0.15, 0.2) is 0 Å². The maximum atomic E-state index is 12.9. The molecule has 1 amide bonds. The SMILES string of the molecule is COc1ccc(/C=C/C(=O)NCCc2ccc(F)cc2)cc1S(=O)(=O)N(C)C. The first kappa shape index (κ1) is 21.6. The zero-order chi connectivity index (χ0) is 20.7. The minimum atomic E-state index is -3.68. The van der Waals surface area contributed by atoms with Crippen LogP contribution in [0.5, 0.6) is 5.75 Å². The second-order valence-electron chi connectivity index (χ2n) is 6.20. The molecule has 0 spiro atoms. The maximum absolute atomic E-state index is 12.9. The molecule has 0 atom stereocenters. The molecule has 0 saturated heterocycles. The van der Waals surface area contributed by atoms with Gasteiger partial charge in [0.25, 0.3) is 0 Å². The van der Waals surface area contributed by atoms with Gasteiger partial charge in [0.05, 0.1) is 7.11 Å². The molecule has 28 heavy (non-hydrogen) atoms. The van der Waals surface area contributed by atoms with Gasteiger partial charge in [-0.2, -0.15) is 0 Å². The molecule has 0 saturated carbocycles. The molecule has 8 heteroatoms. The Balaban J connectivity index is 2.02. The monoisotopic (exact) mass is 406 g/mol. The number of carbonyl (C=O) groups excluding carboxylic acids is 1. The summed E-state index contributed by atoms with van der Waals surface area (Å²) in [6.45, 7) is 0.400. The van der Waals surface area contributed by atoms with Gasteiger partial charge in [0, 0.05) is 26.7 Å². The largest absolute Gasteiger partial charge is 0.495 e. The third-order valence-corrected chi connectivity index (χ3v) is 5.84. The average Bonchev–Trinajstić information content (AvgIpc) is 2.67. The molecule has 0 heterocycles. The van der Waals surface area contributed by atoms with Crippen molar-refractivity contribution < 1.29 is 22.3 Å². The lowest BCUT2D eigenvalue weighted by molar-refractivity contribution is -0.116. The van der Waals surface area contributed by atoms with Crippen LogP contribution in [0.25, 0.3) is 6.08 Å². The number of halogens is 1. The number of hydrogen-bond acceptors (Lipinski definition) is 4. The van der Waals surface area contributed by atoms with E-state index in [1.54, 1.807) is 24.3 Å². The summed E-state index contributed by atoms with van der Waals surface area (Å²) in [6, 6.07) is 10.7. The van der Waals surface area contributed by atoms with E-state index in [0.29, 0.717) is 18.5 Å². The summed E-state index contributed by atoms with van der Waals surface area (Å²) in [7, 11) is 0.588. The van der Waals surface area contributed by atoms with Crippen LogP contribution in [0, 0.1) is 5.82 Å². The standard InChI is InChI=1S/C20H23FN2O4S/c1-23(2)28(25,26)19-14-16(6-10-18(19)27-3)7-11-20(24)22-13-12-15-4-8-17(21)9-5-15/h4-11,14H,12-13H2,1-3H3,(H,22,24)/b11-7+. The number of nitrogens with one attached hydrogen (secondary N) is 1. The Morgan fingerprint density at radius 1 is 1.18 bits per heavy atom. The summed E-state index contributed by atoms with van der Waals surface area (Å²) in [5, 5.41) is 2.73. The quantitative estimate of drug-likeness (QED) is 0.684. The second kappa shape index (κ2) is 9.48. The van der Waals surface area contributed by atoms with Crippen LogP contribution in [0.4, 0.5) is 4.39 Å². The second-order valence-corrected chi connectivity index (χ2v) is 8.32. The molecule has 2 aromatic rings. The van der Waals surface area contributed by atoms with E-state index in [4.69, 9.17) is 4.74 Å². The van der Waals surface area contributed by atoms with Crippen LogP contribution in [0.2, 0.25) is 0 Å². The van der Waals surface area contributed by atoms with Crippen molar-refractivity contribution in [3.05, 3.63) is 65.5 Å². The summed E-state index contributed by atoms with van der Waals surface area (Å²) in [6.07, 6.45) is 3.44. The molecule has 2 aromatic carbocycles. The lowest BCUT2D eigenvalue weighted by Gasteiger charge is -2.15. The number of benzene rings is 2. The third-order valence-electron chi connectivity index (χ3n) is 4.00. The Morgan fingerprint density at radius 2 is 1.86 bits per heavy atom. The minimum Gasteiger partial charge on any atom is -0.495 e. The van der Waals surface area contributed by atoms with Gasteiger partial charge in [-0.1, -0.05) is 18.2 Å². The molecule has 2 rings (SSSR count). The number of rotatable bonds is 8. The van der Waals surface area contributed by atoms with Gasteiger partial charge in [-0.3, -0.25) is 4.79 Å². The van der Waals surface area contributed by atoms with Crippen LogP contribution in [0.3, 0.4) is 0 Å². The van der Waals surface area contributed by atoms with E-state index >= 15 is 0 Å². The molecule has 0 unspecified atom stereocenters. The van der Waals surface area contributed by atoms with Crippen molar-refractivity contribution in [3.8, 4) is 5.75 Å². The van der Waals surface area contributed by atoms with Crippen molar-refractivity contribution in [2.24, 2.45) is 0 Å². The first-order valence-electron chi connectivity index (χ1n) is 8.55. The Morgan fingerprint density at radius 3 is 2.46 bits per heavy atom. The number of hydrogen-bond donors (Lipinski definition) is 1. The van der Waals surface area contributed by atoms with Gasteiger partial charge in [0.2, 0.25) is 15.9 Å². The molecule has 0 radical (unpaired) electrons. The average molecular weight is 406 g/mol. The molecule has 0 aliphatic heterocycles. The van der Waals surface area contributed by atoms with Gasteiger partial charge in [-0.15, -0.1) is 0 Å². The third kappa shape index (κ3) is 5.64. The van der Waals surface area contributed by atoms with E-state index in [-0.39, 0.29) is 22.4 Å². The van der Waals surface area contributed by atoms with Crippen LogP contribution < -0.4 is 10.1 Å². The lowest BCUT2D eigenvalue weighted by atomic mass is 10.1. The van der Waals surface area contributed by atoms with Crippen LogP contribution in [-0.2, 0) is 21.2 Å². The van der Waals surface area contributed by atoms with Gasteiger partial charge in [-0.25, -0.2) is 17.1 Å². The van der Waals surface area contributed by atoms with E-state index in [1.807, 2.05) is 0 Å². The van der Waals surface area contributed by atoms with E-state index in [0.717, 1.165) is 9.87 Å². The zero-order valence-corrected chi connectivity index (χ0v) is 16.8. The molecular formula is C20H23FN2O4S. The van der Waals surface area contributed by atoms with Crippen LogP contribution in [-0.4, -0.2) is 46.4 Å². The normalized spacial score (nSPS) is 11.8.